The first kappa shape index (κ1) is 14.5. The predicted molar refractivity (Wildman–Crippen MR) is 82.3 cm³/mol. The minimum absolute atomic E-state index is 0.0346. The van der Waals surface area contributed by atoms with Gasteiger partial charge in [0.05, 0.1) is 18.9 Å². The largest absolute Gasteiger partial charge is 0.394 e. The fourth-order valence-corrected chi connectivity index (χ4v) is 2.44. The maximum atomic E-state index is 10.9. The number of nitrogens with one attached hydrogen (secondary N) is 2. The van der Waals surface area contributed by atoms with Crippen LogP contribution in [-0.2, 0) is 4.79 Å². The molecular weight excluding hydrogens is 276 g/mol. The topological polar surface area (TPSA) is 86.1 Å². The summed E-state index contributed by atoms with van der Waals surface area (Å²) in [5.74, 6) is 0.631. The van der Waals surface area contributed by atoms with Crippen LogP contribution in [0.3, 0.4) is 0 Å². The van der Waals surface area contributed by atoms with E-state index in [4.69, 9.17) is 5.11 Å². The Labute approximate surface area is 121 Å². The Kier molecular flexibility index (Phi) is 5.14. The lowest BCUT2D eigenvalue weighted by Gasteiger charge is -2.15. The van der Waals surface area contributed by atoms with Gasteiger partial charge in [-0.3, -0.25) is 15.2 Å². The molecule has 0 radical (unpaired) electrons. The first-order chi connectivity index (χ1) is 9.69. The molecule has 1 aliphatic heterocycles. The number of anilines is 1. The van der Waals surface area contributed by atoms with Crippen LogP contribution >= 0.6 is 11.8 Å². The minimum Gasteiger partial charge on any atom is -0.394 e. The molecule has 1 aromatic carbocycles. The number of benzene rings is 1. The normalized spacial score (nSPS) is 16.5. The first-order valence-corrected chi connectivity index (χ1v) is 7.16. The van der Waals surface area contributed by atoms with Gasteiger partial charge in [0.1, 0.15) is 0 Å². The molecule has 0 saturated carbocycles. The van der Waals surface area contributed by atoms with Crippen LogP contribution < -0.4 is 10.7 Å². The Bertz CT molecular complexity index is 540. The third-order valence-corrected chi connectivity index (χ3v) is 3.44. The molecule has 1 amide bonds. The number of amidine groups is 1. The number of carbonyl (C=O) groups excluding carboxylic acids is 1. The van der Waals surface area contributed by atoms with E-state index in [1.54, 1.807) is 11.8 Å². The molecule has 0 fully saturated rings. The monoisotopic (exact) mass is 292 g/mol. The number of hydrogen-bond acceptors (Lipinski definition) is 5. The van der Waals surface area contributed by atoms with Gasteiger partial charge in [-0.25, -0.2) is 0 Å². The number of aliphatic hydroxyl groups excluding tert-OH is 1. The lowest BCUT2D eigenvalue weighted by Crippen LogP contribution is -2.25. The average molecular weight is 292 g/mol. The zero-order valence-corrected chi connectivity index (χ0v) is 11.9. The van der Waals surface area contributed by atoms with Gasteiger partial charge in [-0.2, -0.15) is 5.10 Å². The molecule has 1 aromatic rings. The van der Waals surface area contributed by atoms with Gasteiger partial charge in [0.15, 0.2) is 5.17 Å². The molecule has 0 aliphatic carbocycles. The van der Waals surface area contributed by atoms with Crippen LogP contribution in [0.25, 0.3) is 0 Å². The summed E-state index contributed by atoms with van der Waals surface area (Å²) in [4.78, 5) is 15.1. The van der Waals surface area contributed by atoms with Gasteiger partial charge < -0.3 is 10.4 Å². The van der Waals surface area contributed by atoms with E-state index in [0.717, 1.165) is 27.9 Å². The van der Waals surface area contributed by atoms with Crippen LogP contribution in [0.1, 0.15) is 12.5 Å². The number of rotatable bonds is 4. The van der Waals surface area contributed by atoms with Gasteiger partial charge in [-0.15, -0.1) is 0 Å². The quantitative estimate of drug-likeness (QED) is 0.774. The number of aliphatic imine (C=N–C) groups is 1. The Hall–Kier alpha value is -1.86. The van der Waals surface area contributed by atoms with Crippen molar-refractivity contribution in [2.75, 3.05) is 24.2 Å². The van der Waals surface area contributed by atoms with Crippen LogP contribution in [-0.4, -0.2) is 40.8 Å². The molecule has 0 saturated heterocycles. The fourth-order valence-electron chi connectivity index (χ4n) is 1.65. The van der Waals surface area contributed by atoms with E-state index in [1.165, 1.54) is 6.92 Å². The van der Waals surface area contributed by atoms with Crippen LogP contribution in [0, 0.1) is 0 Å². The molecule has 3 N–H and O–H groups in total. The van der Waals surface area contributed by atoms with Gasteiger partial charge in [-0.05, 0) is 17.7 Å². The average Bonchev–Trinajstić information content (AvgIpc) is 2.46. The second-order valence-corrected chi connectivity index (χ2v) is 5.09. The molecule has 7 heteroatoms. The molecule has 106 valence electrons. The highest BCUT2D eigenvalue weighted by Gasteiger charge is 2.12. The standard InChI is InChI=1S/C13H16N4O2S/c1-9(19)15-11-4-2-10(3-5-11)12-8-20-13(17-16-12)14-6-7-18/h2-5,18H,6-8H2,1H3,(H,14,17)(H,15,19). The summed E-state index contributed by atoms with van der Waals surface area (Å²) in [5, 5.41) is 16.4. The zero-order valence-electron chi connectivity index (χ0n) is 11.1. The molecule has 1 aliphatic rings. The van der Waals surface area contributed by atoms with Gasteiger partial charge in [0.25, 0.3) is 0 Å². The molecular formula is C13H16N4O2S. The molecule has 0 atom stereocenters. The van der Waals surface area contributed by atoms with Crippen LogP contribution in [0.4, 0.5) is 5.69 Å². The summed E-state index contributed by atoms with van der Waals surface area (Å²) in [6, 6.07) is 7.53. The predicted octanol–water partition coefficient (Wildman–Crippen LogP) is 1.03. The summed E-state index contributed by atoms with van der Waals surface area (Å²) >= 11 is 1.55. The van der Waals surface area contributed by atoms with E-state index >= 15 is 0 Å². The number of amides is 1. The lowest BCUT2D eigenvalue weighted by molar-refractivity contribution is -0.114. The SMILES string of the molecule is CC(=O)Nc1ccc(C2=NNC(=NCCO)SC2)cc1. The van der Waals surface area contributed by atoms with Gasteiger partial charge in [0, 0.05) is 18.4 Å². The van der Waals surface area contributed by atoms with Crippen molar-refractivity contribution in [3.63, 3.8) is 0 Å². The minimum atomic E-state index is -0.0882. The summed E-state index contributed by atoms with van der Waals surface area (Å²) in [6.07, 6.45) is 0. The molecule has 0 bridgehead atoms. The van der Waals surface area contributed by atoms with Crippen molar-refractivity contribution in [1.29, 1.82) is 0 Å². The Morgan fingerprint density at radius 2 is 2.25 bits per heavy atom. The number of aliphatic hydroxyl groups is 1. The number of nitrogens with zero attached hydrogens (tertiary/aromatic N) is 2. The second-order valence-electron chi connectivity index (χ2n) is 4.13. The third-order valence-electron chi connectivity index (χ3n) is 2.53. The number of hydrazone groups is 1. The highest BCUT2D eigenvalue weighted by Crippen LogP contribution is 2.16. The Morgan fingerprint density at radius 3 is 2.80 bits per heavy atom. The van der Waals surface area contributed by atoms with Crippen molar-refractivity contribution in [2.45, 2.75) is 6.92 Å². The second kappa shape index (κ2) is 7.06. The van der Waals surface area contributed by atoms with E-state index in [1.807, 2.05) is 24.3 Å². The van der Waals surface area contributed by atoms with Crippen LogP contribution in [0.5, 0.6) is 0 Å². The summed E-state index contributed by atoms with van der Waals surface area (Å²) < 4.78 is 0. The maximum absolute atomic E-state index is 10.9. The van der Waals surface area contributed by atoms with Crippen molar-refractivity contribution in [3.8, 4) is 0 Å². The van der Waals surface area contributed by atoms with Crippen molar-refractivity contribution in [2.24, 2.45) is 10.1 Å². The number of hydrogen-bond donors (Lipinski definition) is 3. The van der Waals surface area contributed by atoms with Gasteiger partial charge >= 0.3 is 0 Å². The summed E-state index contributed by atoms with van der Waals surface area (Å²) in [7, 11) is 0. The Balaban J connectivity index is 2.02. The first-order valence-electron chi connectivity index (χ1n) is 6.18. The molecule has 6 nitrogen and oxygen atoms in total. The fraction of sp³-hybridized carbons (Fsp3) is 0.308. The van der Waals surface area contributed by atoms with E-state index in [2.05, 4.69) is 20.8 Å². The van der Waals surface area contributed by atoms with Crippen molar-refractivity contribution in [1.82, 2.24) is 5.43 Å². The van der Waals surface area contributed by atoms with E-state index in [9.17, 15) is 4.79 Å². The van der Waals surface area contributed by atoms with Crippen LogP contribution in [0.2, 0.25) is 0 Å². The molecule has 0 aromatic heterocycles. The highest BCUT2D eigenvalue weighted by atomic mass is 32.2. The van der Waals surface area contributed by atoms with Gasteiger partial charge in [-0.1, -0.05) is 23.9 Å². The zero-order chi connectivity index (χ0) is 14.4. The Morgan fingerprint density at radius 1 is 1.50 bits per heavy atom. The third kappa shape index (κ3) is 4.07. The maximum Gasteiger partial charge on any atom is 0.221 e. The molecule has 0 spiro atoms. The highest BCUT2D eigenvalue weighted by molar-refractivity contribution is 8.14. The number of thioether (sulfide) groups is 1. The molecule has 1 heterocycles. The number of carbonyl (C=O) groups is 1. The van der Waals surface area contributed by atoms with E-state index in [-0.39, 0.29) is 12.5 Å². The van der Waals surface area contributed by atoms with Gasteiger partial charge in [0.2, 0.25) is 5.91 Å². The van der Waals surface area contributed by atoms with E-state index in [0.29, 0.717) is 6.54 Å². The molecule has 2 rings (SSSR count). The smallest absolute Gasteiger partial charge is 0.221 e. The molecule has 20 heavy (non-hydrogen) atoms. The lowest BCUT2D eigenvalue weighted by atomic mass is 10.1. The summed E-state index contributed by atoms with van der Waals surface area (Å²) in [6.45, 7) is 1.89. The summed E-state index contributed by atoms with van der Waals surface area (Å²) in [5.41, 5.74) is 5.56. The van der Waals surface area contributed by atoms with Crippen molar-refractivity contribution < 1.29 is 9.90 Å². The van der Waals surface area contributed by atoms with Crippen LogP contribution in [0.15, 0.2) is 34.4 Å². The van der Waals surface area contributed by atoms with Crippen molar-refractivity contribution in [3.05, 3.63) is 29.8 Å². The molecule has 0 unspecified atom stereocenters. The van der Waals surface area contributed by atoms with Crippen molar-refractivity contribution >= 4 is 34.2 Å². The van der Waals surface area contributed by atoms with E-state index < -0.39 is 0 Å².